The van der Waals surface area contributed by atoms with Crippen molar-refractivity contribution in [2.45, 2.75) is 33.1 Å². The molecule has 0 aliphatic carbocycles. The number of ether oxygens (including phenoxy) is 2. The molecule has 0 unspecified atom stereocenters. The molecule has 34 heavy (non-hydrogen) atoms. The van der Waals surface area contributed by atoms with E-state index in [0.29, 0.717) is 5.92 Å². The SMILES string of the molecule is COc1ccc(/C(=C(/CC(C)C)c2ccccc2)c2ccc(OCCN3CCCC3)cc2)cc1. The molecule has 0 spiro atoms. The maximum Gasteiger partial charge on any atom is 0.119 e. The van der Waals surface area contributed by atoms with Crippen LogP contribution in [0, 0.1) is 5.92 Å². The van der Waals surface area contributed by atoms with Crippen LogP contribution in [0.1, 0.15) is 49.8 Å². The molecule has 1 saturated heterocycles. The minimum absolute atomic E-state index is 0.539. The van der Waals surface area contributed by atoms with Crippen molar-refractivity contribution in [3.63, 3.8) is 0 Å². The summed E-state index contributed by atoms with van der Waals surface area (Å²) in [4.78, 5) is 2.48. The molecule has 1 aliphatic rings. The van der Waals surface area contributed by atoms with Gasteiger partial charge in [-0.15, -0.1) is 0 Å². The van der Waals surface area contributed by atoms with Gasteiger partial charge in [-0.2, -0.15) is 0 Å². The van der Waals surface area contributed by atoms with Crippen LogP contribution in [0.3, 0.4) is 0 Å². The first-order valence-electron chi connectivity index (χ1n) is 12.5. The van der Waals surface area contributed by atoms with Crippen molar-refractivity contribution in [3.05, 3.63) is 95.6 Å². The van der Waals surface area contributed by atoms with Gasteiger partial charge in [-0.25, -0.2) is 0 Å². The van der Waals surface area contributed by atoms with Gasteiger partial charge in [-0.3, -0.25) is 4.90 Å². The molecule has 3 heteroatoms. The van der Waals surface area contributed by atoms with E-state index in [1.807, 2.05) is 12.1 Å². The second-order valence-corrected chi connectivity index (χ2v) is 9.47. The number of nitrogens with zero attached hydrogens (tertiary/aromatic N) is 1. The average Bonchev–Trinajstić information content (AvgIpc) is 3.39. The van der Waals surface area contributed by atoms with Gasteiger partial charge >= 0.3 is 0 Å². The summed E-state index contributed by atoms with van der Waals surface area (Å²) < 4.78 is 11.5. The van der Waals surface area contributed by atoms with Crippen LogP contribution in [0.15, 0.2) is 78.9 Å². The molecule has 0 atom stereocenters. The molecule has 1 fully saturated rings. The summed E-state index contributed by atoms with van der Waals surface area (Å²) in [5.74, 6) is 2.34. The van der Waals surface area contributed by atoms with Crippen LogP contribution in [0.5, 0.6) is 11.5 Å². The lowest BCUT2D eigenvalue weighted by Crippen LogP contribution is -2.25. The number of allylic oxidation sites excluding steroid dienone is 1. The number of benzene rings is 3. The normalized spacial score (nSPS) is 14.8. The van der Waals surface area contributed by atoms with E-state index in [9.17, 15) is 0 Å². The van der Waals surface area contributed by atoms with Gasteiger partial charge in [-0.1, -0.05) is 68.4 Å². The Morgan fingerprint density at radius 3 is 1.91 bits per heavy atom. The summed E-state index contributed by atoms with van der Waals surface area (Å²) >= 11 is 0. The summed E-state index contributed by atoms with van der Waals surface area (Å²) in [6, 6.07) is 27.8. The molecule has 3 aromatic carbocycles. The Morgan fingerprint density at radius 2 is 1.35 bits per heavy atom. The Balaban J connectivity index is 1.67. The van der Waals surface area contributed by atoms with Gasteiger partial charge < -0.3 is 9.47 Å². The van der Waals surface area contributed by atoms with E-state index in [1.165, 1.54) is 53.8 Å². The van der Waals surface area contributed by atoms with Gasteiger partial charge in [0.25, 0.3) is 0 Å². The molecule has 0 aromatic heterocycles. The highest BCUT2D eigenvalue weighted by Gasteiger charge is 2.16. The zero-order valence-electron chi connectivity index (χ0n) is 20.8. The van der Waals surface area contributed by atoms with Crippen molar-refractivity contribution in [3.8, 4) is 11.5 Å². The molecule has 0 N–H and O–H groups in total. The van der Waals surface area contributed by atoms with Crippen LogP contribution in [0.2, 0.25) is 0 Å². The van der Waals surface area contributed by atoms with E-state index < -0.39 is 0 Å². The summed E-state index contributed by atoms with van der Waals surface area (Å²) in [6.07, 6.45) is 3.63. The minimum atomic E-state index is 0.539. The summed E-state index contributed by atoms with van der Waals surface area (Å²) in [7, 11) is 1.71. The fourth-order valence-electron chi connectivity index (χ4n) is 4.70. The Hall–Kier alpha value is -3.04. The summed E-state index contributed by atoms with van der Waals surface area (Å²) in [5.41, 5.74) is 6.31. The first-order valence-corrected chi connectivity index (χ1v) is 12.5. The lowest BCUT2D eigenvalue weighted by Gasteiger charge is -2.20. The highest BCUT2D eigenvalue weighted by atomic mass is 16.5. The smallest absolute Gasteiger partial charge is 0.119 e. The number of methoxy groups -OCH3 is 1. The van der Waals surface area contributed by atoms with Crippen LogP contribution < -0.4 is 9.47 Å². The molecule has 4 rings (SSSR count). The molecule has 0 radical (unpaired) electrons. The van der Waals surface area contributed by atoms with E-state index in [1.54, 1.807) is 7.11 Å². The maximum atomic E-state index is 6.07. The van der Waals surface area contributed by atoms with Crippen LogP contribution in [-0.2, 0) is 0 Å². The third-order valence-corrected chi connectivity index (χ3v) is 6.43. The van der Waals surface area contributed by atoms with E-state index in [-0.39, 0.29) is 0 Å². The Kier molecular flexibility index (Phi) is 8.43. The van der Waals surface area contributed by atoms with E-state index >= 15 is 0 Å². The van der Waals surface area contributed by atoms with Crippen LogP contribution >= 0.6 is 0 Å². The lowest BCUT2D eigenvalue weighted by atomic mass is 9.85. The predicted octanol–water partition coefficient (Wildman–Crippen LogP) is 7.18. The third kappa shape index (κ3) is 6.30. The largest absolute Gasteiger partial charge is 0.497 e. The molecule has 1 aliphatic heterocycles. The van der Waals surface area contributed by atoms with Gasteiger partial charge in [0.2, 0.25) is 0 Å². The molecular formula is C31H37NO2. The van der Waals surface area contributed by atoms with Crippen LogP contribution in [0.25, 0.3) is 11.1 Å². The number of hydrogen-bond acceptors (Lipinski definition) is 3. The van der Waals surface area contributed by atoms with Gasteiger partial charge in [-0.05, 0) is 90.4 Å². The first-order chi connectivity index (χ1) is 16.6. The van der Waals surface area contributed by atoms with Crippen molar-refractivity contribution < 1.29 is 9.47 Å². The zero-order chi connectivity index (χ0) is 23.8. The summed E-state index contributed by atoms with van der Waals surface area (Å²) in [6.45, 7) is 8.72. The molecule has 0 saturated carbocycles. The molecule has 1 heterocycles. The van der Waals surface area contributed by atoms with E-state index in [4.69, 9.17) is 9.47 Å². The number of rotatable bonds is 10. The van der Waals surface area contributed by atoms with Crippen LogP contribution in [-0.4, -0.2) is 38.3 Å². The molecule has 0 amide bonds. The molecule has 3 nitrogen and oxygen atoms in total. The monoisotopic (exact) mass is 455 g/mol. The second kappa shape index (κ2) is 11.9. The highest BCUT2D eigenvalue weighted by molar-refractivity contribution is 5.98. The quantitative estimate of drug-likeness (QED) is 0.302. The minimum Gasteiger partial charge on any atom is -0.497 e. The fourth-order valence-corrected chi connectivity index (χ4v) is 4.70. The van der Waals surface area contributed by atoms with E-state index in [0.717, 1.165) is 31.1 Å². The lowest BCUT2D eigenvalue weighted by molar-refractivity contribution is 0.238. The molecule has 178 valence electrons. The standard InChI is InChI=1S/C31H37NO2/c1-24(2)23-30(25-9-5-4-6-10-25)31(26-11-15-28(33-3)16-12-26)27-13-17-29(18-14-27)34-22-21-32-19-7-8-20-32/h4-6,9-18,24H,7-8,19-23H2,1-3H3/b31-30+. The first kappa shape index (κ1) is 24.1. The average molecular weight is 456 g/mol. The van der Waals surface area contributed by atoms with Crippen molar-refractivity contribution >= 4 is 11.1 Å². The Morgan fingerprint density at radius 1 is 0.765 bits per heavy atom. The highest BCUT2D eigenvalue weighted by Crippen LogP contribution is 2.37. The molecule has 0 bridgehead atoms. The maximum absolute atomic E-state index is 6.07. The van der Waals surface area contributed by atoms with Gasteiger partial charge in [0.05, 0.1) is 7.11 Å². The fraction of sp³-hybridized carbons (Fsp3) is 0.355. The van der Waals surface area contributed by atoms with Crippen molar-refractivity contribution in [2.75, 3.05) is 33.4 Å². The topological polar surface area (TPSA) is 21.7 Å². The second-order valence-electron chi connectivity index (χ2n) is 9.47. The van der Waals surface area contributed by atoms with Gasteiger partial charge in [0.15, 0.2) is 0 Å². The van der Waals surface area contributed by atoms with Crippen molar-refractivity contribution in [1.29, 1.82) is 0 Å². The Bertz CT molecular complexity index is 1050. The van der Waals surface area contributed by atoms with Crippen molar-refractivity contribution in [2.24, 2.45) is 5.92 Å². The number of hydrogen-bond donors (Lipinski definition) is 0. The Labute approximate surface area is 205 Å². The molecular weight excluding hydrogens is 418 g/mol. The van der Waals surface area contributed by atoms with E-state index in [2.05, 4.69) is 85.5 Å². The van der Waals surface area contributed by atoms with Crippen LogP contribution in [0.4, 0.5) is 0 Å². The van der Waals surface area contributed by atoms with Gasteiger partial charge in [0.1, 0.15) is 18.1 Å². The zero-order valence-corrected chi connectivity index (χ0v) is 20.8. The summed E-state index contributed by atoms with van der Waals surface area (Å²) in [5, 5.41) is 0. The van der Waals surface area contributed by atoms with Crippen molar-refractivity contribution in [1.82, 2.24) is 4.90 Å². The third-order valence-electron chi connectivity index (χ3n) is 6.43. The molecule has 3 aromatic rings. The van der Waals surface area contributed by atoms with Gasteiger partial charge in [0, 0.05) is 6.54 Å². The number of likely N-dealkylation sites (tertiary alicyclic amines) is 1. The predicted molar refractivity (Wildman–Crippen MR) is 142 cm³/mol.